The summed E-state index contributed by atoms with van der Waals surface area (Å²) in [4.78, 5) is 23.5. The summed E-state index contributed by atoms with van der Waals surface area (Å²) in [5.74, 6) is -1.24. The molecule has 21 heavy (non-hydrogen) atoms. The molecule has 1 fully saturated rings. The van der Waals surface area contributed by atoms with Crippen molar-refractivity contribution in [1.82, 2.24) is 0 Å². The molecule has 0 saturated heterocycles. The Morgan fingerprint density at radius 1 is 1.33 bits per heavy atom. The zero-order valence-electron chi connectivity index (χ0n) is 12.7. The molecule has 0 heterocycles. The highest BCUT2D eigenvalue weighted by atomic mass is 16.5. The lowest BCUT2D eigenvalue weighted by Gasteiger charge is -2.40. The Bertz CT molecular complexity index is 570. The Kier molecular flexibility index (Phi) is 4.32. The van der Waals surface area contributed by atoms with E-state index < -0.39 is 5.97 Å². The van der Waals surface area contributed by atoms with Crippen molar-refractivity contribution in [2.75, 3.05) is 12.4 Å². The lowest BCUT2D eigenvalue weighted by Crippen LogP contribution is -2.42. The number of carboxylic acid groups (broad SMARTS) is 1. The van der Waals surface area contributed by atoms with E-state index in [1.165, 1.54) is 0 Å². The third-order valence-electron chi connectivity index (χ3n) is 4.16. The maximum Gasteiger partial charge on any atom is 0.337 e. The molecule has 0 unspecified atom stereocenters. The zero-order chi connectivity index (χ0) is 15.6. The number of methoxy groups -OCH3 is 1. The Morgan fingerprint density at radius 3 is 2.48 bits per heavy atom. The minimum atomic E-state index is -1.04. The van der Waals surface area contributed by atoms with Gasteiger partial charge in [-0.1, -0.05) is 6.07 Å². The molecule has 0 spiro atoms. The third kappa shape index (κ3) is 3.24. The second kappa shape index (κ2) is 5.85. The fourth-order valence-electron chi connectivity index (χ4n) is 2.80. The van der Waals surface area contributed by atoms with Gasteiger partial charge in [-0.2, -0.15) is 0 Å². The molecule has 0 aliphatic heterocycles. The van der Waals surface area contributed by atoms with Gasteiger partial charge in [0.2, 0.25) is 5.91 Å². The highest BCUT2D eigenvalue weighted by molar-refractivity contribution is 6.01. The van der Waals surface area contributed by atoms with E-state index in [1.807, 2.05) is 13.0 Å². The number of nitrogens with one attached hydrogen (secondary N) is 1. The van der Waals surface area contributed by atoms with E-state index in [-0.39, 0.29) is 23.5 Å². The van der Waals surface area contributed by atoms with Crippen molar-refractivity contribution < 1.29 is 19.4 Å². The first-order chi connectivity index (χ1) is 9.87. The number of carbonyl (C=O) groups is 2. The minimum absolute atomic E-state index is 0.126. The molecular weight excluding hydrogens is 270 g/mol. The molecule has 0 radical (unpaired) electrons. The van der Waals surface area contributed by atoms with Crippen LogP contribution in [0.3, 0.4) is 0 Å². The third-order valence-corrected chi connectivity index (χ3v) is 4.16. The van der Waals surface area contributed by atoms with Gasteiger partial charge in [-0.3, -0.25) is 4.79 Å². The van der Waals surface area contributed by atoms with Gasteiger partial charge in [-0.25, -0.2) is 4.79 Å². The average molecular weight is 291 g/mol. The second-order valence-corrected chi connectivity index (χ2v) is 5.78. The Hall–Kier alpha value is -1.88. The largest absolute Gasteiger partial charge is 0.478 e. The number of hydrogen-bond acceptors (Lipinski definition) is 3. The molecule has 114 valence electrons. The van der Waals surface area contributed by atoms with Gasteiger partial charge in [-0.05, 0) is 50.3 Å². The van der Waals surface area contributed by atoms with Crippen LogP contribution >= 0.6 is 0 Å². The number of carbonyl (C=O) groups excluding carboxylic acids is 1. The smallest absolute Gasteiger partial charge is 0.337 e. The number of aromatic carboxylic acids is 1. The van der Waals surface area contributed by atoms with Gasteiger partial charge >= 0.3 is 5.97 Å². The van der Waals surface area contributed by atoms with Gasteiger partial charge in [0.15, 0.2) is 0 Å². The van der Waals surface area contributed by atoms with Crippen LogP contribution in [-0.2, 0) is 9.53 Å². The summed E-state index contributed by atoms with van der Waals surface area (Å²) in [6.45, 7) is 3.63. The van der Waals surface area contributed by atoms with E-state index in [1.54, 1.807) is 20.1 Å². The van der Waals surface area contributed by atoms with E-state index in [9.17, 15) is 14.7 Å². The molecule has 1 aliphatic carbocycles. The first kappa shape index (κ1) is 15.5. The van der Waals surface area contributed by atoms with Crippen molar-refractivity contribution in [2.24, 2.45) is 0 Å². The van der Waals surface area contributed by atoms with Gasteiger partial charge in [0, 0.05) is 7.11 Å². The fourth-order valence-corrected chi connectivity index (χ4v) is 2.80. The van der Waals surface area contributed by atoms with Gasteiger partial charge < -0.3 is 15.2 Å². The van der Waals surface area contributed by atoms with Crippen LogP contribution in [0.1, 0.15) is 47.2 Å². The summed E-state index contributed by atoms with van der Waals surface area (Å²) in [5.41, 5.74) is 1.74. The van der Waals surface area contributed by atoms with E-state index in [0.29, 0.717) is 5.69 Å². The zero-order valence-corrected chi connectivity index (χ0v) is 12.7. The molecule has 2 N–H and O–H groups in total. The minimum Gasteiger partial charge on any atom is -0.478 e. The van der Waals surface area contributed by atoms with Crippen LogP contribution in [0, 0.1) is 13.8 Å². The number of carboxylic acids is 1. The van der Waals surface area contributed by atoms with Crippen LogP contribution in [0.2, 0.25) is 0 Å². The maximum atomic E-state index is 12.2. The highest BCUT2D eigenvalue weighted by Crippen LogP contribution is 2.38. The van der Waals surface area contributed by atoms with Gasteiger partial charge in [0.25, 0.3) is 0 Å². The van der Waals surface area contributed by atoms with Gasteiger partial charge in [0.1, 0.15) is 0 Å². The Balaban J connectivity index is 2.19. The fraction of sp³-hybridized carbons (Fsp3) is 0.500. The van der Waals surface area contributed by atoms with E-state index in [4.69, 9.17) is 4.74 Å². The number of anilines is 1. The number of amides is 1. The highest BCUT2D eigenvalue weighted by Gasteiger charge is 2.39. The van der Waals surface area contributed by atoms with Crippen LogP contribution in [0.4, 0.5) is 5.69 Å². The molecule has 0 atom stereocenters. The molecule has 1 aliphatic rings. The van der Waals surface area contributed by atoms with Crippen molar-refractivity contribution in [3.8, 4) is 0 Å². The van der Waals surface area contributed by atoms with Gasteiger partial charge in [0.05, 0.1) is 23.3 Å². The standard InChI is InChI=1S/C16H21NO4/c1-10-7-11(2)14(12(8-10)15(19)20)17-13(18)9-16(21-3)5-4-6-16/h7-8H,4-6,9H2,1-3H3,(H,17,18)(H,19,20). The molecule has 0 bridgehead atoms. The number of rotatable bonds is 5. The van der Waals surface area contributed by atoms with Crippen LogP contribution in [0.5, 0.6) is 0 Å². The second-order valence-electron chi connectivity index (χ2n) is 5.78. The Labute approximate surface area is 124 Å². The molecule has 5 nitrogen and oxygen atoms in total. The lowest BCUT2D eigenvalue weighted by molar-refractivity contribution is -0.129. The van der Waals surface area contributed by atoms with Crippen LogP contribution < -0.4 is 5.32 Å². The van der Waals surface area contributed by atoms with Gasteiger partial charge in [-0.15, -0.1) is 0 Å². The normalized spacial score (nSPS) is 16.1. The summed E-state index contributed by atoms with van der Waals surface area (Å²) >= 11 is 0. The quantitative estimate of drug-likeness (QED) is 0.874. The summed E-state index contributed by atoms with van der Waals surface area (Å²) in [6, 6.07) is 3.43. The Morgan fingerprint density at radius 2 is 2.00 bits per heavy atom. The van der Waals surface area contributed by atoms with E-state index >= 15 is 0 Å². The summed E-state index contributed by atoms with van der Waals surface area (Å²) in [7, 11) is 1.62. The van der Waals surface area contributed by atoms with Crippen molar-refractivity contribution in [3.63, 3.8) is 0 Å². The number of hydrogen-bond donors (Lipinski definition) is 2. The number of aryl methyl sites for hydroxylation is 2. The predicted molar refractivity (Wildman–Crippen MR) is 79.7 cm³/mol. The lowest BCUT2D eigenvalue weighted by atomic mass is 9.77. The first-order valence-electron chi connectivity index (χ1n) is 7.06. The van der Waals surface area contributed by atoms with Crippen molar-refractivity contribution in [2.45, 2.75) is 45.1 Å². The van der Waals surface area contributed by atoms with Crippen LogP contribution in [-0.4, -0.2) is 29.7 Å². The molecule has 2 rings (SSSR count). The van der Waals surface area contributed by atoms with E-state index in [0.717, 1.165) is 30.4 Å². The molecular formula is C16H21NO4. The van der Waals surface area contributed by atoms with E-state index in [2.05, 4.69) is 5.32 Å². The average Bonchev–Trinajstić information content (AvgIpc) is 2.36. The monoisotopic (exact) mass is 291 g/mol. The predicted octanol–water partition coefficient (Wildman–Crippen LogP) is 2.90. The van der Waals surface area contributed by atoms with Crippen molar-refractivity contribution in [3.05, 3.63) is 28.8 Å². The molecule has 1 aromatic rings. The van der Waals surface area contributed by atoms with Crippen LogP contribution in [0.25, 0.3) is 0 Å². The first-order valence-corrected chi connectivity index (χ1v) is 7.06. The van der Waals surface area contributed by atoms with Crippen molar-refractivity contribution >= 4 is 17.6 Å². The molecule has 0 aromatic heterocycles. The summed E-state index contributed by atoms with van der Waals surface area (Å²) < 4.78 is 5.43. The van der Waals surface area contributed by atoms with Crippen LogP contribution in [0.15, 0.2) is 12.1 Å². The summed E-state index contributed by atoms with van der Waals surface area (Å²) in [6.07, 6.45) is 3.06. The molecule has 1 saturated carbocycles. The molecule has 1 aromatic carbocycles. The SMILES string of the molecule is COC1(CC(=O)Nc2c(C)cc(C)cc2C(=O)O)CCC1. The van der Waals surface area contributed by atoms with Crippen molar-refractivity contribution in [1.29, 1.82) is 0 Å². The maximum absolute atomic E-state index is 12.2. The summed E-state index contributed by atoms with van der Waals surface area (Å²) in [5, 5.41) is 12.0. The number of ether oxygens (including phenoxy) is 1. The topological polar surface area (TPSA) is 75.6 Å². The number of benzene rings is 1. The molecule has 1 amide bonds. The molecule has 5 heteroatoms.